The quantitative estimate of drug-likeness (QED) is 0.321. The molecule has 37 heavy (non-hydrogen) atoms. The van der Waals surface area contributed by atoms with E-state index in [0.29, 0.717) is 16.6 Å². The van der Waals surface area contributed by atoms with Crippen LogP contribution in [0.5, 0.6) is 5.75 Å². The van der Waals surface area contributed by atoms with Gasteiger partial charge in [-0.2, -0.15) is 0 Å². The van der Waals surface area contributed by atoms with Crippen molar-refractivity contribution < 1.29 is 18.7 Å². The Balaban J connectivity index is 2.21. The third-order valence-corrected chi connectivity index (χ3v) is 13.9. The molecule has 1 aliphatic rings. The Labute approximate surface area is 225 Å². The van der Waals surface area contributed by atoms with E-state index in [1.165, 1.54) is 5.56 Å². The minimum absolute atomic E-state index is 0.161. The second-order valence-electron chi connectivity index (χ2n) is 12.5. The molecule has 206 valence electrons. The highest BCUT2D eigenvalue weighted by atomic mass is 28.4. The van der Waals surface area contributed by atoms with Gasteiger partial charge in [-0.25, -0.2) is 9.36 Å². The van der Waals surface area contributed by atoms with Gasteiger partial charge in [0.2, 0.25) is 0 Å². The van der Waals surface area contributed by atoms with E-state index in [2.05, 4.69) is 60.6 Å². The summed E-state index contributed by atoms with van der Waals surface area (Å²) in [5.74, 6) is 2.06. The summed E-state index contributed by atoms with van der Waals surface area (Å²) in [6.07, 6.45) is 5.60. The van der Waals surface area contributed by atoms with Crippen LogP contribution in [0.15, 0.2) is 30.0 Å². The third-order valence-electron chi connectivity index (χ3n) is 7.87. The molecule has 3 rings (SSSR count). The number of aromatic nitrogens is 1. The molecule has 0 spiro atoms. The lowest BCUT2D eigenvalue weighted by Gasteiger charge is -2.43. The average Bonchev–Trinajstić information content (AvgIpc) is 3.01. The van der Waals surface area contributed by atoms with E-state index in [4.69, 9.17) is 13.9 Å². The fourth-order valence-electron chi connectivity index (χ4n) is 6.49. The summed E-state index contributed by atoms with van der Waals surface area (Å²) in [6, 6.07) is 5.99. The lowest BCUT2D eigenvalue weighted by atomic mass is 9.92. The van der Waals surface area contributed by atoms with Crippen LogP contribution in [0.1, 0.15) is 106 Å². The van der Waals surface area contributed by atoms with Gasteiger partial charge in [0.25, 0.3) is 8.32 Å². The number of ether oxygens (including phenoxy) is 2. The fraction of sp³-hybridized carbons (Fsp3) is 0.645. The summed E-state index contributed by atoms with van der Waals surface area (Å²) >= 11 is 0. The minimum atomic E-state index is -2.10. The standard InChI is InChI=1S/C31H49NO4Si/c1-12-13-23-18-25(36-37(20(2)3,21(4)5)22(6)7)15-17-28-29(23)26-19-24(34-11)14-16-27(26)32(28)30(33)35-31(8,9)10/h14,16,18-23H,12-13,15,17H2,1-11H3. The highest BCUT2D eigenvalue weighted by molar-refractivity contribution is 6.77. The smallest absolute Gasteiger partial charge is 0.419 e. The van der Waals surface area contributed by atoms with Crippen LogP contribution < -0.4 is 4.74 Å². The Bertz CT molecular complexity index is 1110. The lowest BCUT2D eigenvalue weighted by molar-refractivity contribution is 0.0540. The first-order chi connectivity index (χ1) is 17.3. The summed E-state index contributed by atoms with van der Waals surface area (Å²) in [4.78, 5) is 13.6. The fourth-order valence-corrected chi connectivity index (χ4v) is 11.8. The summed E-state index contributed by atoms with van der Waals surface area (Å²) in [6.45, 7) is 22.0. The lowest BCUT2D eigenvalue weighted by Crippen LogP contribution is -2.47. The van der Waals surface area contributed by atoms with Crippen molar-refractivity contribution in [1.82, 2.24) is 4.57 Å². The largest absolute Gasteiger partial charge is 0.546 e. The number of benzene rings is 1. The molecule has 0 fully saturated rings. The molecule has 0 aliphatic heterocycles. The molecule has 1 aliphatic carbocycles. The average molecular weight is 528 g/mol. The number of carbonyl (C=O) groups excluding carboxylic acids is 1. The second-order valence-corrected chi connectivity index (χ2v) is 17.9. The molecule has 1 heterocycles. The van der Waals surface area contributed by atoms with E-state index in [9.17, 15) is 4.79 Å². The van der Waals surface area contributed by atoms with E-state index < -0.39 is 13.9 Å². The van der Waals surface area contributed by atoms with Crippen molar-refractivity contribution in [2.75, 3.05) is 7.11 Å². The van der Waals surface area contributed by atoms with Crippen LogP contribution in [0.3, 0.4) is 0 Å². The number of carbonyl (C=O) groups is 1. The minimum Gasteiger partial charge on any atom is -0.546 e. The van der Waals surface area contributed by atoms with Crippen LogP contribution in [0.4, 0.5) is 4.79 Å². The Morgan fingerprint density at radius 3 is 2.19 bits per heavy atom. The monoisotopic (exact) mass is 527 g/mol. The molecule has 1 unspecified atom stereocenters. The van der Waals surface area contributed by atoms with Crippen molar-refractivity contribution in [3.05, 3.63) is 41.3 Å². The van der Waals surface area contributed by atoms with Gasteiger partial charge >= 0.3 is 6.09 Å². The molecule has 0 saturated carbocycles. The zero-order chi connectivity index (χ0) is 27.7. The topological polar surface area (TPSA) is 49.7 Å². The van der Waals surface area contributed by atoms with Gasteiger partial charge in [0.15, 0.2) is 0 Å². The van der Waals surface area contributed by atoms with E-state index in [1.54, 1.807) is 7.11 Å². The highest BCUT2D eigenvalue weighted by Crippen LogP contribution is 2.46. The molecule has 1 aromatic carbocycles. The number of hydrogen-bond donors (Lipinski definition) is 0. The van der Waals surface area contributed by atoms with Crippen LogP contribution >= 0.6 is 0 Å². The van der Waals surface area contributed by atoms with Crippen molar-refractivity contribution in [2.45, 2.75) is 123 Å². The summed E-state index contributed by atoms with van der Waals surface area (Å²) in [5.41, 5.74) is 4.07. The number of allylic oxidation sites excluding steroid dienone is 2. The van der Waals surface area contributed by atoms with Crippen LogP contribution in [0.2, 0.25) is 16.6 Å². The molecule has 0 N–H and O–H groups in total. The maximum Gasteiger partial charge on any atom is 0.419 e. The Hall–Kier alpha value is -2.21. The first kappa shape index (κ1) is 29.3. The molecule has 0 amide bonds. The molecule has 2 aromatic rings. The van der Waals surface area contributed by atoms with E-state index in [1.807, 2.05) is 37.5 Å². The Morgan fingerprint density at radius 1 is 1.05 bits per heavy atom. The van der Waals surface area contributed by atoms with Crippen molar-refractivity contribution in [1.29, 1.82) is 0 Å². The Kier molecular flexibility index (Phi) is 8.93. The van der Waals surface area contributed by atoms with Gasteiger partial charge in [-0.15, -0.1) is 0 Å². The molecule has 6 heteroatoms. The van der Waals surface area contributed by atoms with Gasteiger partial charge in [0.1, 0.15) is 11.4 Å². The van der Waals surface area contributed by atoms with Gasteiger partial charge in [-0.3, -0.25) is 0 Å². The zero-order valence-corrected chi connectivity index (χ0v) is 26.0. The first-order valence-corrected chi connectivity index (χ1v) is 16.2. The van der Waals surface area contributed by atoms with Crippen molar-refractivity contribution in [3.8, 4) is 5.75 Å². The van der Waals surface area contributed by atoms with Gasteiger partial charge in [-0.1, -0.05) is 54.9 Å². The summed E-state index contributed by atoms with van der Waals surface area (Å²) in [5, 5.41) is 1.07. The molecule has 5 nitrogen and oxygen atoms in total. The van der Waals surface area contributed by atoms with E-state index >= 15 is 0 Å². The zero-order valence-electron chi connectivity index (χ0n) is 25.0. The van der Waals surface area contributed by atoms with Gasteiger partial charge in [-0.05, 0) is 80.1 Å². The van der Waals surface area contributed by atoms with E-state index in [0.717, 1.165) is 53.8 Å². The maximum absolute atomic E-state index is 13.6. The number of hydrogen-bond acceptors (Lipinski definition) is 4. The molecule has 0 bridgehead atoms. The van der Waals surface area contributed by atoms with Crippen LogP contribution in [-0.2, 0) is 15.6 Å². The molecule has 0 saturated heterocycles. The molecule has 1 atom stereocenters. The molecular formula is C31H49NO4Si. The molecular weight excluding hydrogens is 478 g/mol. The highest BCUT2D eigenvalue weighted by Gasteiger charge is 2.47. The van der Waals surface area contributed by atoms with Crippen molar-refractivity contribution in [3.63, 3.8) is 0 Å². The van der Waals surface area contributed by atoms with Crippen LogP contribution in [0.25, 0.3) is 10.9 Å². The number of methoxy groups -OCH3 is 1. The second kappa shape index (κ2) is 11.3. The number of fused-ring (bicyclic) bond motifs is 3. The normalized spacial score (nSPS) is 16.7. The van der Waals surface area contributed by atoms with Gasteiger partial charge < -0.3 is 13.9 Å². The first-order valence-electron chi connectivity index (χ1n) is 14.1. The van der Waals surface area contributed by atoms with E-state index in [-0.39, 0.29) is 12.0 Å². The SMILES string of the molecule is CCCC1C=C(O[Si](C(C)C)(C(C)C)C(C)C)CCc2c1c1cc(OC)ccc1n2C(=O)OC(C)(C)C. The maximum atomic E-state index is 13.6. The predicted octanol–water partition coefficient (Wildman–Crippen LogP) is 9.34. The van der Waals surface area contributed by atoms with Gasteiger partial charge in [0, 0.05) is 23.4 Å². The summed E-state index contributed by atoms with van der Waals surface area (Å²) < 4.78 is 20.5. The predicted molar refractivity (Wildman–Crippen MR) is 156 cm³/mol. The molecule has 0 radical (unpaired) electrons. The molecule has 1 aromatic heterocycles. The number of rotatable bonds is 8. The van der Waals surface area contributed by atoms with Crippen molar-refractivity contribution in [2.24, 2.45) is 0 Å². The Morgan fingerprint density at radius 2 is 1.68 bits per heavy atom. The third kappa shape index (κ3) is 5.79. The number of nitrogens with zero attached hydrogens (tertiary/aromatic N) is 1. The van der Waals surface area contributed by atoms with Crippen LogP contribution in [-0.4, -0.2) is 31.7 Å². The van der Waals surface area contributed by atoms with Gasteiger partial charge in [0.05, 0.1) is 18.4 Å². The van der Waals surface area contributed by atoms with Crippen molar-refractivity contribution >= 4 is 25.3 Å². The summed E-state index contributed by atoms with van der Waals surface area (Å²) in [7, 11) is -0.407. The van der Waals surface area contributed by atoms with Crippen LogP contribution in [0, 0.1) is 0 Å².